The molecule has 0 saturated heterocycles. The maximum absolute atomic E-state index is 11.5. The third kappa shape index (κ3) is 6.60. The van der Waals surface area contributed by atoms with Gasteiger partial charge in [0.25, 0.3) is 5.91 Å². The molecule has 3 N–H and O–H groups in total. The molecule has 0 atom stereocenters. The van der Waals surface area contributed by atoms with Crippen molar-refractivity contribution >= 4 is 25.5 Å². The van der Waals surface area contributed by atoms with Crippen molar-refractivity contribution in [2.24, 2.45) is 5.16 Å². The molecule has 0 heterocycles. The lowest BCUT2D eigenvalue weighted by molar-refractivity contribution is -0.133. The van der Waals surface area contributed by atoms with Crippen molar-refractivity contribution in [2.45, 2.75) is 51.2 Å². The van der Waals surface area contributed by atoms with Gasteiger partial charge in [-0.3, -0.25) is 10.0 Å². The average Bonchev–Trinajstić information content (AvgIpc) is 3.10. The smallest absolute Gasteiger partial charge is 0.284 e. The average molecular weight is 573 g/mol. The first-order chi connectivity index (χ1) is 18.9. The first kappa shape index (κ1) is 31.0. The summed E-state index contributed by atoms with van der Waals surface area (Å²) in [6.07, 6.45) is 3.57. The van der Waals surface area contributed by atoms with E-state index in [0.29, 0.717) is 42.2 Å². The zero-order valence-electron chi connectivity index (χ0n) is 24.5. The number of carbonyl (C=O) groups excluding carboxylic acids is 1. The summed E-state index contributed by atoms with van der Waals surface area (Å²) in [5.41, 5.74) is 6.60. The quantitative estimate of drug-likeness (QED) is 0.204. The SMILES string of the molecule is COc1ccc(C2=C/C(=N/OCC(=O)NO)CCc3c2cc(OC)c(OC)c3OC)cc1CC(C)(C)[Si](C)(C)O. The van der Waals surface area contributed by atoms with E-state index in [4.69, 9.17) is 29.0 Å². The van der Waals surface area contributed by atoms with Gasteiger partial charge in [0, 0.05) is 5.56 Å². The van der Waals surface area contributed by atoms with Crippen LogP contribution in [0.15, 0.2) is 35.5 Å². The minimum Gasteiger partial charge on any atom is -0.496 e. The highest BCUT2D eigenvalue weighted by Crippen LogP contribution is 2.47. The largest absolute Gasteiger partial charge is 0.496 e. The summed E-state index contributed by atoms with van der Waals surface area (Å²) in [6, 6.07) is 7.89. The van der Waals surface area contributed by atoms with Gasteiger partial charge in [0.15, 0.2) is 26.4 Å². The van der Waals surface area contributed by atoms with Gasteiger partial charge in [-0.05, 0) is 83.9 Å². The predicted molar refractivity (Wildman–Crippen MR) is 155 cm³/mol. The summed E-state index contributed by atoms with van der Waals surface area (Å²) >= 11 is 0. The molecule has 0 aromatic heterocycles. The fourth-order valence-electron chi connectivity index (χ4n) is 4.57. The molecule has 0 spiro atoms. The van der Waals surface area contributed by atoms with E-state index in [1.807, 2.05) is 37.4 Å². The second-order valence-electron chi connectivity index (χ2n) is 10.8. The van der Waals surface area contributed by atoms with Crippen LogP contribution in [0.4, 0.5) is 0 Å². The number of oxime groups is 1. The van der Waals surface area contributed by atoms with Crippen LogP contribution in [0.3, 0.4) is 0 Å². The molecule has 11 heteroatoms. The number of allylic oxidation sites excluding steroid dienone is 1. The maximum Gasteiger partial charge on any atom is 0.284 e. The molecule has 1 amide bonds. The normalized spacial score (nSPS) is 14.6. The van der Waals surface area contributed by atoms with E-state index in [-0.39, 0.29) is 5.04 Å². The fraction of sp³-hybridized carbons (Fsp3) is 0.448. The van der Waals surface area contributed by atoms with Crippen molar-refractivity contribution in [3.8, 4) is 23.0 Å². The van der Waals surface area contributed by atoms with Crippen LogP contribution >= 0.6 is 0 Å². The van der Waals surface area contributed by atoms with E-state index in [2.05, 4.69) is 25.1 Å². The molecular weight excluding hydrogens is 532 g/mol. The number of amides is 1. The number of hydrogen-bond acceptors (Lipinski definition) is 9. The number of ether oxygens (including phenoxy) is 4. The number of fused-ring (bicyclic) bond motifs is 1. The van der Waals surface area contributed by atoms with E-state index in [0.717, 1.165) is 33.6 Å². The van der Waals surface area contributed by atoms with Gasteiger partial charge < -0.3 is 28.6 Å². The van der Waals surface area contributed by atoms with E-state index >= 15 is 0 Å². The Kier molecular flexibility index (Phi) is 9.88. The van der Waals surface area contributed by atoms with Crippen LogP contribution in [0.1, 0.15) is 42.5 Å². The summed E-state index contributed by atoms with van der Waals surface area (Å²) in [5, 5.41) is 12.7. The number of methoxy groups -OCH3 is 4. The zero-order chi connectivity index (χ0) is 29.7. The molecule has 10 nitrogen and oxygen atoms in total. The molecular formula is C29H40N2O8Si. The van der Waals surface area contributed by atoms with Crippen molar-refractivity contribution in [2.75, 3.05) is 35.0 Å². The Balaban J connectivity index is 2.25. The van der Waals surface area contributed by atoms with Gasteiger partial charge in [0.05, 0.1) is 34.2 Å². The van der Waals surface area contributed by atoms with Gasteiger partial charge in [0.2, 0.25) is 5.75 Å². The molecule has 0 radical (unpaired) electrons. The first-order valence-electron chi connectivity index (χ1n) is 13.0. The van der Waals surface area contributed by atoms with Crippen molar-refractivity contribution in [3.05, 3.63) is 52.6 Å². The summed E-state index contributed by atoms with van der Waals surface area (Å²) < 4.78 is 22.8. The summed E-state index contributed by atoms with van der Waals surface area (Å²) in [5.74, 6) is 1.60. The standard InChI is InChI=1S/C29H40N2O8Si/c1-29(2,40(7,8)34)16-19-13-18(9-12-24(19)35-3)22-14-20(31-39-17-26(32)30-33)10-11-21-23(22)15-25(36-4)28(38-6)27(21)37-5/h9,12-15,33-34H,10-11,16-17H2,1-8H3,(H,30,32)/b31-20+. The Morgan fingerprint density at radius 1 is 1.00 bits per heavy atom. The molecule has 3 rings (SSSR count). The highest BCUT2D eigenvalue weighted by Gasteiger charge is 2.38. The number of rotatable bonds is 11. The molecule has 1 aliphatic carbocycles. The summed E-state index contributed by atoms with van der Waals surface area (Å²) in [6.45, 7) is 7.62. The van der Waals surface area contributed by atoms with E-state index < -0.39 is 20.8 Å². The van der Waals surface area contributed by atoms with Crippen LogP contribution in [0.2, 0.25) is 18.1 Å². The predicted octanol–water partition coefficient (Wildman–Crippen LogP) is 4.50. The number of hydroxylamine groups is 1. The molecule has 218 valence electrons. The van der Waals surface area contributed by atoms with Crippen molar-refractivity contribution < 1.29 is 38.6 Å². The number of hydrogen-bond donors (Lipinski definition) is 3. The molecule has 1 aliphatic rings. The minimum absolute atomic E-state index is 0.317. The molecule has 0 bridgehead atoms. The zero-order valence-corrected chi connectivity index (χ0v) is 25.5. The fourth-order valence-corrected chi connectivity index (χ4v) is 5.19. The minimum atomic E-state index is -2.50. The second kappa shape index (κ2) is 12.8. The molecule has 0 saturated carbocycles. The van der Waals surface area contributed by atoms with Crippen LogP contribution in [0.5, 0.6) is 23.0 Å². The Hall–Kier alpha value is -3.54. The van der Waals surface area contributed by atoms with Gasteiger partial charge in [-0.1, -0.05) is 25.1 Å². The molecule has 0 aliphatic heterocycles. The Bertz CT molecular complexity index is 1300. The monoisotopic (exact) mass is 572 g/mol. The third-order valence-corrected chi connectivity index (χ3v) is 11.0. The van der Waals surface area contributed by atoms with Crippen LogP contribution < -0.4 is 24.4 Å². The lowest BCUT2D eigenvalue weighted by Gasteiger charge is -2.35. The number of nitrogens with one attached hydrogen (secondary N) is 1. The Morgan fingerprint density at radius 3 is 2.25 bits per heavy atom. The maximum atomic E-state index is 11.5. The first-order valence-corrected chi connectivity index (χ1v) is 15.9. The molecule has 2 aromatic rings. The number of benzene rings is 2. The van der Waals surface area contributed by atoms with E-state index in [1.165, 1.54) is 5.48 Å². The lowest BCUT2D eigenvalue weighted by Crippen LogP contribution is -2.40. The Labute approximate surface area is 236 Å². The molecule has 0 unspecified atom stereocenters. The van der Waals surface area contributed by atoms with E-state index in [9.17, 15) is 9.59 Å². The highest BCUT2D eigenvalue weighted by atomic mass is 28.4. The second-order valence-corrected chi connectivity index (χ2v) is 15.2. The lowest BCUT2D eigenvalue weighted by atomic mass is 9.90. The third-order valence-electron chi connectivity index (χ3n) is 7.55. The van der Waals surface area contributed by atoms with Crippen LogP contribution in [0.25, 0.3) is 5.57 Å². The summed E-state index contributed by atoms with van der Waals surface area (Å²) in [4.78, 5) is 27.6. The number of carbonyl (C=O) groups is 1. The molecule has 2 aromatic carbocycles. The van der Waals surface area contributed by atoms with E-state index in [1.54, 1.807) is 28.4 Å². The van der Waals surface area contributed by atoms with Gasteiger partial charge >= 0.3 is 0 Å². The topological polar surface area (TPSA) is 128 Å². The number of nitrogens with zero attached hydrogens (tertiary/aromatic N) is 1. The molecule has 0 fully saturated rings. The molecule has 40 heavy (non-hydrogen) atoms. The van der Waals surface area contributed by atoms with Crippen LogP contribution in [0, 0.1) is 0 Å². The van der Waals surface area contributed by atoms with Crippen molar-refractivity contribution in [3.63, 3.8) is 0 Å². The van der Waals surface area contributed by atoms with Gasteiger partial charge in [-0.25, -0.2) is 5.48 Å². The van der Waals surface area contributed by atoms with Crippen LogP contribution in [-0.2, 0) is 22.5 Å². The van der Waals surface area contributed by atoms with Gasteiger partial charge in [0.1, 0.15) is 5.75 Å². The summed E-state index contributed by atoms with van der Waals surface area (Å²) in [7, 11) is 3.86. The highest BCUT2D eigenvalue weighted by molar-refractivity contribution is 6.72. The van der Waals surface area contributed by atoms with Crippen LogP contribution in [-0.4, -0.2) is 65.0 Å². The van der Waals surface area contributed by atoms with Gasteiger partial charge in [-0.2, -0.15) is 0 Å². The van der Waals surface area contributed by atoms with Gasteiger partial charge in [-0.15, -0.1) is 0 Å². The Morgan fingerprint density at radius 2 is 1.68 bits per heavy atom. The van der Waals surface area contributed by atoms with Crippen molar-refractivity contribution in [1.29, 1.82) is 0 Å². The van der Waals surface area contributed by atoms with Crippen molar-refractivity contribution in [1.82, 2.24) is 5.48 Å².